The molecule has 1 aliphatic rings. The van der Waals surface area contributed by atoms with Gasteiger partial charge in [0, 0.05) is 46.8 Å². The zero-order valence-electron chi connectivity index (χ0n) is 20.6. The van der Waals surface area contributed by atoms with Gasteiger partial charge in [-0.2, -0.15) is 0 Å². The summed E-state index contributed by atoms with van der Waals surface area (Å²) < 4.78 is 0. The average Bonchev–Trinajstić information content (AvgIpc) is 2.89. The molecule has 0 radical (unpaired) electrons. The van der Waals surface area contributed by atoms with Crippen molar-refractivity contribution in [2.75, 3.05) is 24.6 Å². The second-order valence-electron chi connectivity index (χ2n) is 9.16. The van der Waals surface area contributed by atoms with Gasteiger partial charge < -0.3 is 21.3 Å². The molecular weight excluding hydrogens is 531 g/mol. The summed E-state index contributed by atoms with van der Waals surface area (Å²) in [5.41, 5.74) is 9.28. The SMILES string of the molecule is CN(Cc1ccc(-c2cnc(N)c(NCc3c(Cl)cccc3Cl)n2)cc1)C1CCN(C(=O)O)[C@@H](C(=O)O)C1. The molecule has 2 heterocycles. The summed E-state index contributed by atoms with van der Waals surface area (Å²) in [5.74, 6) is -0.449. The van der Waals surface area contributed by atoms with Crippen molar-refractivity contribution in [3.63, 3.8) is 0 Å². The fraction of sp³-hybridized carbons (Fsp3) is 0.308. The van der Waals surface area contributed by atoms with Crippen LogP contribution in [0.4, 0.5) is 16.4 Å². The highest BCUT2D eigenvalue weighted by molar-refractivity contribution is 6.36. The summed E-state index contributed by atoms with van der Waals surface area (Å²) in [4.78, 5) is 34.9. The number of halogens is 2. The third-order valence-electron chi connectivity index (χ3n) is 6.71. The van der Waals surface area contributed by atoms with Crippen LogP contribution in [0.2, 0.25) is 10.0 Å². The number of nitrogens with one attached hydrogen (secondary N) is 1. The Kier molecular flexibility index (Phi) is 8.55. The first-order valence-electron chi connectivity index (χ1n) is 11.9. The number of nitrogen functional groups attached to an aromatic ring is 1. The second-order valence-corrected chi connectivity index (χ2v) is 9.98. The number of hydrogen-bond acceptors (Lipinski definition) is 7. The number of nitrogens with zero attached hydrogens (tertiary/aromatic N) is 4. The van der Waals surface area contributed by atoms with Gasteiger partial charge in [-0.3, -0.25) is 9.80 Å². The number of aromatic nitrogens is 2. The summed E-state index contributed by atoms with van der Waals surface area (Å²) in [5, 5.41) is 23.0. The summed E-state index contributed by atoms with van der Waals surface area (Å²) in [6.07, 6.45) is 1.21. The molecule has 1 unspecified atom stereocenters. The summed E-state index contributed by atoms with van der Waals surface area (Å²) >= 11 is 12.5. The summed E-state index contributed by atoms with van der Waals surface area (Å²) in [6.45, 7) is 1.11. The van der Waals surface area contributed by atoms with E-state index in [1.807, 2.05) is 31.3 Å². The Hall–Kier alpha value is -3.60. The van der Waals surface area contributed by atoms with Crippen molar-refractivity contribution >= 4 is 46.9 Å². The Morgan fingerprint density at radius 1 is 1.16 bits per heavy atom. The maximum Gasteiger partial charge on any atom is 0.408 e. The molecule has 38 heavy (non-hydrogen) atoms. The molecule has 0 aliphatic carbocycles. The number of hydrogen-bond donors (Lipinski definition) is 4. The number of aliphatic carboxylic acids is 1. The minimum atomic E-state index is -1.20. The first kappa shape index (κ1) is 27.4. The van der Waals surface area contributed by atoms with Crippen molar-refractivity contribution in [2.45, 2.75) is 38.0 Å². The zero-order valence-corrected chi connectivity index (χ0v) is 22.2. The Balaban J connectivity index is 1.41. The van der Waals surface area contributed by atoms with E-state index in [2.05, 4.69) is 20.2 Å². The van der Waals surface area contributed by atoms with Gasteiger partial charge in [0.1, 0.15) is 6.04 Å². The molecule has 10 nitrogen and oxygen atoms in total. The van der Waals surface area contributed by atoms with Gasteiger partial charge >= 0.3 is 12.1 Å². The van der Waals surface area contributed by atoms with E-state index in [1.54, 1.807) is 24.4 Å². The lowest BCUT2D eigenvalue weighted by atomic mass is 9.96. The number of carboxylic acids is 1. The van der Waals surface area contributed by atoms with E-state index in [-0.39, 0.29) is 24.8 Å². The van der Waals surface area contributed by atoms with E-state index < -0.39 is 18.1 Å². The number of carbonyl (C=O) groups is 2. The number of rotatable bonds is 8. The topological polar surface area (TPSA) is 145 Å². The molecule has 3 aromatic rings. The molecule has 5 N–H and O–H groups in total. The van der Waals surface area contributed by atoms with E-state index in [1.165, 1.54) is 0 Å². The Bertz CT molecular complexity index is 1300. The lowest BCUT2D eigenvalue weighted by molar-refractivity contribution is -0.144. The predicted molar refractivity (Wildman–Crippen MR) is 146 cm³/mol. The van der Waals surface area contributed by atoms with Gasteiger partial charge in [0.25, 0.3) is 0 Å². The molecule has 1 saturated heterocycles. The van der Waals surface area contributed by atoms with Crippen LogP contribution in [0, 0.1) is 0 Å². The highest BCUT2D eigenvalue weighted by Crippen LogP contribution is 2.28. The van der Waals surface area contributed by atoms with Gasteiger partial charge in [0.05, 0.1) is 11.9 Å². The fourth-order valence-corrected chi connectivity index (χ4v) is 5.08. The van der Waals surface area contributed by atoms with Crippen molar-refractivity contribution in [2.24, 2.45) is 0 Å². The van der Waals surface area contributed by atoms with Gasteiger partial charge in [-0.15, -0.1) is 0 Å². The van der Waals surface area contributed by atoms with Crippen LogP contribution in [0.1, 0.15) is 24.0 Å². The van der Waals surface area contributed by atoms with Crippen LogP contribution in [0.25, 0.3) is 11.3 Å². The smallest absolute Gasteiger partial charge is 0.408 e. The highest BCUT2D eigenvalue weighted by Gasteiger charge is 2.37. The van der Waals surface area contributed by atoms with Crippen LogP contribution in [0.3, 0.4) is 0 Å². The average molecular weight is 559 g/mol. The number of likely N-dealkylation sites (tertiary alicyclic amines) is 1. The molecule has 1 aromatic heterocycles. The van der Waals surface area contributed by atoms with Gasteiger partial charge in [-0.1, -0.05) is 53.5 Å². The molecular formula is C26H28Cl2N6O4. The first-order valence-corrected chi connectivity index (χ1v) is 12.7. The number of benzene rings is 2. The van der Waals surface area contributed by atoms with Gasteiger partial charge in [-0.25, -0.2) is 19.6 Å². The van der Waals surface area contributed by atoms with Crippen LogP contribution in [-0.2, 0) is 17.9 Å². The molecule has 0 spiro atoms. The van der Waals surface area contributed by atoms with E-state index >= 15 is 0 Å². The van der Waals surface area contributed by atoms with E-state index in [4.69, 9.17) is 28.9 Å². The quantitative estimate of drug-likeness (QED) is 0.309. The number of piperidine rings is 1. The standard InChI is InChI=1S/C26H28Cl2N6O4/c1-33(17-9-10-34(26(37)38)22(11-17)25(35)36)14-15-5-7-16(8-6-15)21-13-30-23(29)24(32-21)31-12-18-19(27)3-2-4-20(18)28/h2-8,13,17,22H,9-12,14H2,1H3,(H2,29,30)(H,31,32)(H,35,36)(H,37,38)/t17?,22-/m1/s1. The second kappa shape index (κ2) is 11.8. The third-order valence-corrected chi connectivity index (χ3v) is 7.41. The van der Waals surface area contributed by atoms with Crippen LogP contribution < -0.4 is 11.1 Å². The minimum Gasteiger partial charge on any atom is -0.480 e. The van der Waals surface area contributed by atoms with Gasteiger partial charge in [0.15, 0.2) is 11.6 Å². The molecule has 0 bridgehead atoms. The molecule has 1 aliphatic heterocycles. The monoisotopic (exact) mass is 558 g/mol. The van der Waals surface area contributed by atoms with E-state index in [0.717, 1.165) is 21.6 Å². The Labute approximate surface area is 230 Å². The third kappa shape index (κ3) is 6.27. The van der Waals surface area contributed by atoms with Crippen molar-refractivity contribution in [1.82, 2.24) is 19.8 Å². The Morgan fingerprint density at radius 2 is 1.84 bits per heavy atom. The normalized spacial score (nSPS) is 17.4. The maximum atomic E-state index is 11.6. The van der Waals surface area contributed by atoms with Crippen molar-refractivity contribution in [3.8, 4) is 11.3 Å². The predicted octanol–water partition coefficient (Wildman–Crippen LogP) is 4.67. The number of nitrogens with two attached hydrogens (primary N) is 1. The number of anilines is 2. The fourth-order valence-electron chi connectivity index (χ4n) is 4.55. The molecule has 2 aromatic carbocycles. The minimum absolute atomic E-state index is 0.0467. The summed E-state index contributed by atoms with van der Waals surface area (Å²) in [7, 11) is 1.92. The van der Waals surface area contributed by atoms with Gasteiger partial charge in [-0.05, 0) is 37.6 Å². The van der Waals surface area contributed by atoms with Crippen LogP contribution in [0.15, 0.2) is 48.7 Å². The number of amides is 1. The van der Waals surface area contributed by atoms with Crippen LogP contribution in [-0.4, -0.2) is 67.7 Å². The lowest BCUT2D eigenvalue weighted by Crippen LogP contribution is -2.53. The molecule has 2 atom stereocenters. The van der Waals surface area contributed by atoms with Gasteiger partial charge in [0.2, 0.25) is 0 Å². The molecule has 0 saturated carbocycles. The first-order chi connectivity index (χ1) is 18.1. The molecule has 1 fully saturated rings. The molecule has 12 heteroatoms. The molecule has 4 rings (SSSR count). The van der Waals surface area contributed by atoms with Crippen LogP contribution in [0.5, 0.6) is 0 Å². The van der Waals surface area contributed by atoms with Crippen molar-refractivity contribution in [3.05, 3.63) is 69.8 Å². The van der Waals surface area contributed by atoms with E-state index in [0.29, 0.717) is 41.1 Å². The lowest BCUT2D eigenvalue weighted by Gasteiger charge is -2.39. The zero-order chi connectivity index (χ0) is 27.4. The molecule has 200 valence electrons. The van der Waals surface area contributed by atoms with E-state index in [9.17, 15) is 19.8 Å². The Morgan fingerprint density at radius 3 is 2.47 bits per heavy atom. The maximum absolute atomic E-state index is 11.6. The molecule has 1 amide bonds. The highest BCUT2D eigenvalue weighted by atomic mass is 35.5. The van der Waals surface area contributed by atoms with Crippen molar-refractivity contribution in [1.29, 1.82) is 0 Å². The summed E-state index contributed by atoms with van der Waals surface area (Å²) in [6, 6.07) is 12.0. The van der Waals surface area contributed by atoms with Crippen LogP contribution >= 0.6 is 23.2 Å². The largest absolute Gasteiger partial charge is 0.480 e. The van der Waals surface area contributed by atoms with Crippen molar-refractivity contribution < 1.29 is 19.8 Å². The number of carboxylic acid groups (broad SMARTS) is 2.